The Morgan fingerprint density at radius 3 is 2.47 bits per heavy atom. The summed E-state index contributed by atoms with van der Waals surface area (Å²) in [5.74, 6) is 0. The second kappa shape index (κ2) is 3.34. The minimum Gasteiger partial charge on any atom is -0.395 e. The highest BCUT2D eigenvalue weighted by molar-refractivity contribution is 5.39. The molecule has 1 N–H and O–H groups in total. The highest BCUT2D eigenvalue weighted by atomic mass is 16.3. The van der Waals surface area contributed by atoms with Crippen LogP contribution in [0.1, 0.15) is 38.3 Å². The normalized spacial score (nSPS) is 27.7. The van der Waals surface area contributed by atoms with Gasteiger partial charge >= 0.3 is 0 Å². The number of aliphatic hydroxyl groups excluding tert-OH is 1. The van der Waals surface area contributed by atoms with Crippen LogP contribution in [0.4, 0.5) is 0 Å². The Balaban J connectivity index is 2.37. The van der Waals surface area contributed by atoms with Crippen LogP contribution in [0, 0.1) is 5.41 Å². The van der Waals surface area contributed by atoms with Crippen LogP contribution in [-0.4, -0.2) is 11.7 Å². The number of hydrogen-bond acceptors (Lipinski definition) is 1. The molecule has 1 atom stereocenters. The second-order valence-corrected chi connectivity index (χ2v) is 5.35. The molecule has 0 saturated heterocycles. The fourth-order valence-corrected chi connectivity index (χ4v) is 2.65. The fourth-order valence-electron chi connectivity index (χ4n) is 2.65. The fraction of sp³-hybridized carbons (Fsp3) is 0.571. The summed E-state index contributed by atoms with van der Waals surface area (Å²) in [6.45, 7) is 6.92. The molecule has 1 fully saturated rings. The van der Waals surface area contributed by atoms with E-state index in [1.54, 1.807) is 0 Å². The largest absolute Gasteiger partial charge is 0.395 e. The van der Waals surface area contributed by atoms with Crippen LogP contribution < -0.4 is 0 Å². The molecule has 0 aromatic heterocycles. The number of benzene rings is 1. The average molecular weight is 204 g/mol. The molecule has 82 valence electrons. The molecule has 1 aliphatic carbocycles. The zero-order valence-corrected chi connectivity index (χ0v) is 9.88. The molecule has 1 aliphatic rings. The van der Waals surface area contributed by atoms with E-state index in [1.807, 2.05) is 0 Å². The number of aliphatic hydroxyl groups is 1. The van der Waals surface area contributed by atoms with Crippen molar-refractivity contribution in [3.8, 4) is 0 Å². The maximum absolute atomic E-state index is 9.61. The Kier molecular flexibility index (Phi) is 2.38. The van der Waals surface area contributed by atoms with Crippen molar-refractivity contribution in [2.45, 2.75) is 39.0 Å². The lowest BCUT2D eigenvalue weighted by Gasteiger charge is -2.19. The van der Waals surface area contributed by atoms with Crippen LogP contribution in [-0.2, 0) is 11.8 Å². The Labute approximate surface area is 92.1 Å². The lowest BCUT2D eigenvalue weighted by Crippen LogP contribution is -2.19. The Hall–Kier alpha value is -0.820. The minimum atomic E-state index is 0.0260. The summed E-state index contributed by atoms with van der Waals surface area (Å²) in [6.07, 6.45) is 2.17. The molecule has 15 heavy (non-hydrogen) atoms. The van der Waals surface area contributed by atoms with Crippen molar-refractivity contribution in [1.29, 1.82) is 0 Å². The van der Waals surface area contributed by atoms with Gasteiger partial charge in [-0.3, -0.25) is 0 Å². The van der Waals surface area contributed by atoms with E-state index >= 15 is 0 Å². The minimum absolute atomic E-state index is 0.0260. The van der Waals surface area contributed by atoms with Gasteiger partial charge in [-0.15, -0.1) is 0 Å². The van der Waals surface area contributed by atoms with Crippen molar-refractivity contribution < 1.29 is 5.11 Å². The Morgan fingerprint density at radius 1 is 1.33 bits per heavy atom. The van der Waals surface area contributed by atoms with Crippen LogP contribution in [0.3, 0.4) is 0 Å². The number of hydrogen-bond donors (Lipinski definition) is 1. The quantitative estimate of drug-likeness (QED) is 0.802. The first-order valence-electron chi connectivity index (χ1n) is 5.76. The molecular formula is C14H20O. The predicted molar refractivity (Wildman–Crippen MR) is 63.0 cm³/mol. The van der Waals surface area contributed by atoms with E-state index in [9.17, 15) is 5.11 Å². The molecule has 0 radical (unpaired) electrons. The maximum atomic E-state index is 9.61. The highest BCUT2D eigenvalue weighted by Gasteiger charge is 2.61. The first-order chi connectivity index (χ1) is 7.05. The Morgan fingerprint density at radius 2 is 2.00 bits per heavy atom. The summed E-state index contributed by atoms with van der Waals surface area (Å²) in [4.78, 5) is 0. The molecule has 1 aromatic carbocycles. The average Bonchev–Trinajstić information content (AvgIpc) is 2.82. The van der Waals surface area contributed by atoms with Crippen LogP contribution in [0.2, 0.25) is 0 Å². The summed E-state index contributed by atoms with van der Waals surface area (Å²) in [6, 6.07) is 8.68. The molecule has 1 nitrogen and oxygen atoms in total. The van der Waals surface area contributed by atoms with Gasteiger partial charge < -0.3 is 5.11 Å². The summed E-state index contributed by atoms with van der Waals surface area (Å²) >= 11 is 0. The first-order valence-corrected chi connectivity index (χ1v) is 5.76. The van der Waals surface area contributed by atoms with Crippen LogP contribution in [0.5, 0.6) is 0 Å². The van der Waals surface area contributed by atoms with Crippen LogP contribution in [0.15, 0.2) is 24.3 Å². The topological polar surface area (TPSA) is 20.2 Å². The van der Waals surface area contributed by atoms with Gasteiger partial charge in [-0.1, -0.05) is 45.0 Å². The van der Waals surface area contributed by atoms with Gasteiger partial charge in [0.2, 0.25) is 0 Å². The van der Waals surface area contributed by atoms with E-state index in [4.69, 9.17) is 0 Å². The molecular weight excluding hydrogens is 184 g/mol. The van der Waals surface area contributed by atoms with Gasteiger partial charge in [0.05, 0.1) is 6.61 Å². The second-order valence-electron chi connectivity index (χ2n) is 5.35. The van der Waals surface area contributed by atoms with E-state index < -0.39 is 0 Å². The molecule has 1 saturated carbocycles. The zero-order valence-electron chi connectivity index (χ0n) is 9.88. The van der Waals surface area contributed by atoms with E-state index in [2.05, 4.69) is 45.0 Å². The third-order valence-corrected chi connectivity index (χ3v) is 4.07. The highest BCUT2D eigenvalue weighted by Crippen LogP contribution is 2.63. The molecule has 1 aromatic rings. The molecule has 0 amide bonds. The SMILES string of the molecule is CCc1cccc(C2(CO)CC2(C)C)c1. The standard InChI is InChI=1S/C14H20O/c1-4-11-6-5-7-12(8-11)14(10-15)9-13(14,2)3/h5-8,15H,4,9-10H2,1-3H3. The molecule has 1 heteroatoms. The van der Waals surface area contributed by atoms with Crippen molar-refractivity contribution in [3.05, 3.63) is 35.4 Å². The third kappa shape index (κ3) is 1.50. The predicted octanol–water partition coefficient (Wildman–Crippen LogP) is 2.91. The number of rotatable bonds is 3. The monoisotopic (exact) mass is 204 g/mol. The first kappa shape index (κ1) is 10.7. The van der Waals surface area contributed by atoms with Gasteiger partial charge in [0, 0.05) is 5.41 Å². The lowest BCUT2D eigenvalue weighted by molar-refractivity contribution is 0.231. The van der Waals surface area contributed by atoms with E-state index in [1.165, 1.54) is 11.1 Å². The van der Waals surface area contributed by atoms with Crippen molar-refractivity contribution in [3.63, 3.8) is 0 Å². The van der Waals surface area contributed by atoms with Crippen molar-refractivity contribution in [2.75, 3.05) is 6.61 Å². The van der Waals surface area contributed by atoms with Gasteiger partial charge in [0.1, 0.15) is 0 Å². The van der Waals surface area contributed by atoms with Crippen molar-refractivity contribution in [1.82, 2.24) is 0 Å². The zero-order chi connectivity index (χ0) is 11.1. The van der Waals surface area contributed by atoms with E-state index in [-0.39, 0.29) is 17.4 Å². The van der Waals surface area contributed by atoms with E-state index in [0.29, 0.717) is 0 Å². The smallest absolute Gasteiger partial charge is 0.0533 e. The van der Waals surface area contributed by atoms with E-state index in [0.717, 1.165) is 12.8 Å². The number of aryl methyl sites for hydroxylation is 1. The maximum Gasteiger partial charge on any atom is 0.0533 e. The van der Waals surface area contributed by atoms with Crippen molar-refractivity contribution in [2.24, 2.45) is 5.41 Å². The van der Waals surface area contributed by atoms with Gasteiger partial charge in [-0.2, -0.15) is 0 Å². The Bertz CT molecular complexity index is 367. The van der Waals surface area contributed by atoms with Gasteiger partial charge in [0.25, 0.3) is 0 Å². The third-order valence-electron chi connectivity index (χ3n) is 4.07. The summed E-state index contributed by atoms with van der Waals surface area (Å²) in [5.41, 5.74) is 2.96. The molecule has 0 bridgehead atoms. The lowest BCUT2D eigenvalue weighted by atomic mass is 9.87. The van der Waals surface area contributed by atoms with Crippen LogP contribution >= 0.6 is 0 Å². The van der Waals surface area contributed by atoms with Crippen molar-refractivity contribution >= 4 is 0 Å². The summed E-state index contributed by atoms with van der Waals surface area (Å²) in [7, 11) is 0. The molecule has 0 heterocycles. The molecule has 1 unspecified atom stereocenters. The molecule has 0 spiro atoms. The van der Waals surface area contributed by atoms with Gasteiger partial charge in [0.15, 0.2) is 0 Å². The van der Waals surface area contributed by atoms with Crippen LogP contribution in [0.25, 0.3) is 0 Å². The van der Waals surface area contributed by atoms with Gasteiger partial charge in [-0.05, 0) is 29.4 Å². The molecule has 0 aliphatic heterocycles. The summed E-state index contributed by atoms with van der Waals surface area (Å²) in [5, 5.41) is 9.61. The summed E-state index contributed by atoms with van der Waals surface area (Å²) < 4.78 is 0. The van der Waals surface area contributed by atoms with Gasteiger partial charge in [-0.25, -0.2) is 0 Å². The molecule has 2 rings (SSSR count).